The highest BCUT2D eigenvalue weighted by atomic mass is 16.5. The van der Waals surface area contributed by atoms with Gasteiger partial charge in [0.2, 0.25) is 0 Å². The summed E-state index contributed by atoms with van der Waals surface area (Å²) < 4.78 is 7.58. The molecule has 3 aromatic rings. The number of carbonyl (C=O) groups is 1. The molecule has 2 aliphatic heterocycles. The minimum Gasteiger partial charge on any atom is -0.452 e. The molecule has 32 heavy (non-hydrogen) atoms. The summed E-state index contributed by atoms with van der Waals surface area (Å²) in [6, 6.07) is 15.9. The molecule has 0 radical (unpaired) electrons. The largest absolute Gasteiger partial charge is 0.452 e. The zero-order chi connectivity index (χ0) is 22.2. The van der Waals surface area contributed by atoms with Crippen molar-refractivity contribution in [3.63, 3.8) is 0 Å². The van der Waals surface area contributed by atoms with Crippen LogP contribution in [0.2, 0.25) is 0 Å². The minimum absolute atomic E-state index is 0.114. The Bertz CT molecular complexity index is 1120. The number of aryl methyl sites for hydroxylation is 1. The number of imidazole rings is 1. The van der Waals surface area contributed by atoms with Gasteiger partial charge in [-0.1, -0.05) is 30.3 Å². The van der Waals surface area contributed by atoms with Crippen LogP contribution in [-0.2, 0) is 17.6 Å². The number of anilines is 1. The van der Waals surface area contributed by atoms with E-state index in [2.05, 4.69) is 66.2 Å². The monoisotopic (exact) mass is 432 g/mol. The summed E-state index contributed by atoms with van der Waals surface area (Å²) in [5.41, 5.74) is 5.61. The van der Waals surface area contributed by atoms with E-state index in [0.717, 1.165) is 55.7 Å². The van der Waals surface area contributed by atoms with Crippen molar-refractivity contribution >= 4 is 22.8 Å². The van der Waals surface area contributed by atoms with Crippen molar-refractivity contribution < 1.29 is 9.53 Å². The number of piperidine rings is 1. The Morgan fingerprint density at radius 1 is 1.16 bits per heavy atom. The number of methoxy groups -OCH3 is 1. The second-order valence-electron chi connectivity index (χ2n) is 9.25. The predicted molar refractivity (Wildman–Crippen MR) is 127 cm³/mol. The molecular formula is C26H32N4O2. The fourth-order valence-electron chi connectivity index (χ4n) is 5.47. The topological polar surface area (TPSA) is 59.4 Å². The van der Waals surface area contributed by atoms with Gasteiger partial charge in [-0.25, -0.2) is 9.78 Å². The summed E-state index contributed by atoms with van der Waals surface area (Å²) >= 11 is 0. The van der Waals surface area contributed by atoms with E-state index >= 15 is 0 Å². The molecule has 0 saturated carbocycles. The molecule has 3 atom stereocenters. The quantitative estimate of drug-likeness (QED) is 0.643. The van der Waals surface area contributed by atoms with E-state index in [0.29, 0.717) is 12.1 Å². The standard InChI is InChI=1S/C26H32N4O2/c1-17-15-20(13-14-27-17)30-23-12-11-22-21(10-9-18(2)29(22)26(31)32-3)25(23)28-24(30)16-19-7-5-4-6-8-19/h4-8,11-12,17-18,20,27H,9-10,13-16H2,1-3H3/t17-,18+,20-/m1/s1. The molecule has 5 rings (SSSR count). The second kappa shape index (κ2) is 8.58. The van der Waals surface area contributed by atoms with Gasteiger partial charge in [0.1, 0.15) is 5.82 Å². The van der Waals surface area contributed by atoms with Gasteiger partial charge in [0, 0.05) is 30.1 Å². The van der Waals surface area contributed by atoms with Crippen LogP contribution < -0.4 is 10.2 Å². The fraction of sp³-hybridized carbons (Fsp3) is 0.462. The lowest BCUT2D eigenvalue weighted by atomic mass is 9.95. The van der Waals surface area contributed by atoms with Gasteiger partial charge in [0.15, 0.2) is 0 Å². The van der Waals surface area contributed by atoms with E-state index in [4.69, 9.17) is 9.72 Å². The van der Waals surface area contributed by atoms with Crippen molar-refractivity contribution in [2.24, 2.45) is 0 Å². The Kier molecular flexibility index (Phi) is 5.64. The van der Waals surface area contributed by atoms with Gasteiger partial charge in [-0.15, -0.1) is 0 Å². The first-order chi connectivity index (χ1) is 15.6. The van der Waals surface area contributed by atoms with Gasteiger partial charge in [-0.3, -0.25) is 4.90 Å². The van der Waals surface area contributed by atoms with Crippen LogP contribution in [0.1, 0.15) is 56.1 Å². The van der Waals surface area contributed by atoms with Crippen LogP contribution in [0.4, 0.5) is 10.5 Å². The van der Waals surface area contributed by atoms with E-state index in [1.807, 2.05) is 0 Å². The smallest absolute Gasteiger partial charge is 0.414 e. The normalized spacial score (nSPS) is 23.2. The van der Waals surface area contributed by atoms with Gasteiger partial charge in [0.25, 0.3) is 0 Å². The number of nitrogens with zero attached hydrogens (tertiary/aromatic N) is 3. The number of ether oxygens (including phenoxy) is 1. The average molecular weight is 433 g/mol. The molecule has 6 nitrogen and oxygen atoms in total. The lowest BCUT2D eigenvalue weighted by Gasteiger charge is -2.34. The number of aromatic nitrogens is 2. The Hall–Kier alpha value is -2.86. The third-order valence-corrected chi connectivity index (χ3v) is 7.07. The zero-order valence-electron chi connectivity index (χ0n) is 19.2. The van der Waals surface area contributed by atoms with Gasteiger partial charge in [-0.2, -0.15) is 0 Å². The Morgan fingerprint density at radius 2 is 1.97 bits per heavy atom. The lowest BCUT2D eigenvalue weighted by Crippen LogP contribution is -2.42. The molecule has 168 valence electrons. The minimum atomic E-state index is -0.297. The Labute approximate surface area is 189 Å². The highest BCUT2D eigenvalue weighted by Gasteiger charge is 2.32. The molecule has 1 saturated heterocycles. The molecule has 0 bridgehead atoms. The van der Waals surface area contributed by atoms with Crippen LogP contribution in [0.15, 0.2) is 42.5 Å². The van der Waals surface area contributed by atoms with E-state index in [1.165, 1.54) is 23.8 Å². The van der Waals surface area contributed by atoms with Crippen molar-refractivity contribution in [1.29, 1.82) is 0 Å². The van der Waals surface area contributed by atoms with E-state index in [9.17, 15) is 4.79 Å². The van der Waals surface area contributed by atoms with E-state index < -0.39 is 0 Å². The summed E-state index contributed by atoms with van der Waals surface area (Å²) in [6.07, 6.45) is 4.53. The van der Waals surface area contributed by atoms with Gasteiger partial charge in [-0.05, 0) is 63.8 Å². The molecule has 1 N–H and O–H groups in total. The van der Waals surface area contributed by atoms with Crippen LogP contribution in [0, 0.1) is 0 Å². The highest BCUT2D eigenvalue weighted by Crippen LogP contribution is 2.38. The molecule has 0 unspecified atom stereocenters. The van der Waals surface area contributed by atoms with Gasteiger partial charge in [0.05, 0.1) is 23.8 Å². The number of rotatable bonds is 3. The summed E-state index contributed by atoms with van der Waals surface area (Å²) in [4.78, 5) is 19.6. The summed E-state index contributed by atoms with van der Waals surface area (Å²) in [5.74, 6) is 1.11. The molecule has 3 heterocycles. The van der Waals surface area contributed by atoms with Crippen molar-refractivity contribution in [1.82, 2.24) is 14.9 Å². The lowest BCUT2D eigenvalue weighted by molar-refractivity contribution is 0.175. The molecule has 1 fully saturated rings. The average Bonchev–Trinajstić information content (AvgIpc) is 3.17. The van der Waals surface area contributed by atoms with E-state index in [-0.39, 0.29) is 12.1 Å². The molecule has 2 aromatic carbocycles. The molecule has 0 aliphatic carbocycles. The summed E-state index contributed by atoms with van der Waals surface area (Å²) in [5, 5.41) is 3.58. The number of nitrogens with one attached hydrogen (secondary N) is 1. The van der Waals surface area contributed by atoms with Crippen LogP contribution in [0.5, 0.6) is 0 Å². The van der Waals surface area contributed by atoms with Crippen molar-refractivity contribution in [3.8, 4) is 0 Å². The first-order valence-electron chi connectivity index (χ1n) is 11.7. The molecule has 2 aliphatic rings. The first-order valence-corrected chi connectivity index (χ1v) is 11.7. The summed E-state index contributed by atoms with van der Waals surface area (Å²) in [6.45, 7) is 5.37. The van der Waals surface area contributed by atoms with E-state index in [1.54, 1.807) is 4.90 Å². The molecular weight excluding hydrogens is 400 g/mol. The highest BCUT2D eigenvalue weighted by molar-refractivity contribution is 5.95. The third-order valence-electron chi connectivity index (χ3n) is 7.07. The maximum absolute atomic E-state index is 12.5. The zero-order valence-corrected chi connectivity index (χ0v) is 19.2. The second-order valence-corrected chi connectivity index (χ2v) is 9.25. The predicted octanol–water partition coefficient (Wildman–Crippen LogP) is 4.85. The molecule has 0 spiro atoms. The van der Waals surface area contributed by atoms with Gasteiger partial charge >= 0.3 is 6.09 Å². The Morgan fingerprint density at radius 3 is 2.72 bits per heavy atom. The van der Waals surface area contributed by atoms with Gasteiger partial charge < -0.3 is 14.6 Å². The number of amides is 1. The number of hydrogen-bond donors (Lipinski definition) is 1. The molecule has 6 heteroatoms. The number of hydrogen-bond acceptors (Lipinski definition) is 4. The van der Waals surface area contributed by atoms with Crippen LogP contribution in [0.25, 0.3) is 11.0 Å². The maximum atomic E-state index is 12.5. The van der Waals surface area contributed by atoms with Crippen LogP contribution in [0.3, 0.4) is 0 Å². The fourth-order valence-corrected chi connectivity index (χ4v) is 5.47. The third kappa shape index (κ3) is 3.66. The first kappa shape index (κ1) is 21.0. The SMILES string of the molecule is COC(=O)N1c2ccc3c(nc(Cc4ccccc4)n3[C@@H]3CCN[C@H](C)C3)c2CC[C@@H]1C. The number of benzene rings is 2. The van der Waals surface area contributed by atoms with Crippen LogP contribution >= 0.6 is 0 Å². The number of carbonyl (C=O) groups excluding carboxylic acids is 1. The maximum Gasteiger partial charge on any atom is 0.414 e. The molecule has 1 aromatic heterocycles. The Balaban J connectivity index is 1.66. The van der Waals surface area contributed by atoms with Crippen molar-refractivity contribution in [2.45, 2.75) is 64.1 Å². The summed E-state index contributed by atoms with van der Waals surface area (Å²) in [7, 11) is 1.45. The van der Waals surface area contributed by atoms with Crippen molar-refractivity contribution in [3.05, 3.63) is 59.4 Å². The molecule has 1 amide bonds. The van der Waals surface area contributed by atoms with Crippen LogP contribution in [-0.4, -0.2) is 41.4 Å². The van der Waals surface area contributed by atoms with Crippen molar-refractivity contribution in [2.75, 3.05) is 18.6 Å². The number of fused-ring (bicyclic) bond motifs is 3.